The first-order valence-electron chi connectivity index (χ1n) is 6.55. The quantitative estimate of drug-likeness (QED) is 0.896. The summed E-state index contributed by atoms with van der Waals surface area (Å²) in [6.07, 6.45) is -3.95. The minimum Gasteiger partial charge on any atom is -0.406 e. The molecular weight excluding hydrogens is 315 g/mol. The van der Waals surface area contributed by atoms with Gasteiger partial charge in [0.1, 0.15) is 5.75 Å². The molecule has 0 atom stereocenters. The Morgan fingerprint density at radius 3 is 2.23 bits per heavy atom. The molecule has 2 aromatic rings. The summed E-state index contributed by atoms with van der Waals surface area (Å²) in [6.45, 7) is 2.49. The van der Waals surface area contributed by atoms with Crippen LogP contribution in [0.5, 0.6) is 5.75 Å². The topological polar surface area (TPSA) is 35.2 Å². The summed E-state index contributed by atoms with van der Waals surface area (Å²) in [6, 6.07) is 11.9. The van der Waals surface area contributed by atoms with Gasteiger partial charge in [0.15, 0.2) is 0 Å². The minimum atomic E-state index is -4.67. The van der Waals surface area contributed by atoms with E-state index in [0.717, 1.165) is 28.7 Å². The standard InChI is InChI=1S/C16H16F3NO.ClH/c1-11-2-3-13(8-9-20)15(10-11)12-4-6-14(7-5-12)21-16(17,18)19;/h2-7,10H,8-9,20H2,1H3;1H. The van der Waals surface area contributed by atoms with Crippen molar-refractivity contribution < 1.29 is 17.9 Å². The molecule has 2 rings (SSSR count). The fraction of sp³-hybridized carbons (Fsp3) is 0.250. The Balaban J connectivity index is 0.00000242. The maximum absolute atomic E-state index is 12.1. The number of hydrogen-bond donors (Lipinski definition) is 1. The Morgan fingerprint density at radius 2 is 1.68 bits per heavy atom. The molecule has 2 aromatic carbocycles. The number of aryl methyl sites for hydroxylation is 1. The highest BCUT2D eigenvalue weighted by Crippen LogP contribution is 2.29. The van der Waals surface area contributed by atoms with Crippen molar-refractivity contribution in [2.24, 2.45) is 5.73 Å². The van der Waals surface area contributed by atoms with Crippen molar-refractivity contribution in [3.05, 3.63) is 53.6 Å². The van der Waals surface area contributed by atoms with Gasteiger partial charge in [-0.1, -0.05) is 35.9 Å². The molecule has 0 radical (unpaired) electrons. The minimum absolute atomic E-state index is 0. The first-order chi connectivity index (χ1) is 9.89. The number of benzene rings is 2. The maximum Gasteiger partial charge on any atom is 0.573 e. The molecule has 120 valence electrons. The van der Waals surface area contributed by atoms with Crippen LogP contribution in [-0.4, -0.2) is 12.9 Å². The van der Waals surface area contributed by atoms with Crippen molar-refractivity contribution in [1.29, 1.82) is 0 Å². The van der Waals surface area contributed by atoms with E-state index in [2.05, 4.69) is 4.74 Å². The second-order valence-corrected chi connectivity index (χ2v) is 4.77. The van der Waals surface area contributed by atoms with Gasteiger partial charge in [0, 0.05) is 0 Å². The number of nitrogens with two attached hydrogens (primary N) is 1. The van der Waals surface area contributed by atoms with Crippen LogP contribution in [0.3, 0.4) is 0 Å². The van der Waals surface area contributed by atoms with Crippen LogP contribution in [0, 0.1) is 6.92 Å². The van der Waals surface area contributed by atoms with E-state index in [1.54, 1.807) is 12.1 Å². The summed E-state index contributed by atoms with van der Waals surface area (Å²) in [5, 5.41) is 0. The molecule has 0 fully saturated rings. The van der Waals surface area contributed by atoms with Crippen LogP contribution in [0.2, 0.25) is 0 Å². The van der Waals surface area contributed by atoms with Crippen LogP contribution < -0.4 is 10.5 Å². The van der Waals surface area contributed by atoms with Crippen LogP contribution >= 0.6 is 12.4 Å². The normalized spacial score (nSPS) is 11.0. The summed E-state index contributed by atoms with van der Waals surface area (Å²) in [7, 11) is 0. The zero-order valence-electron chi connectivity index (χ0n) is 12.0. The van der Waals surface area contributed by atoms with Gasteiger partial charge in [-0.05, 0) is 48.7 Å². The lowest BCUT2D eigenvalue weighted by Gasteiger charge is -2.12. The lowest BCUT2D eigenvalue weighted by atomic mass is 9.96. The van der Waals surface area contributed by atoms with Crippen molar-refractivity contribution in [3.63, 3.8) is 0 Å². The van der Waals surface area contributed by atoms with Gasteiger partial charge in [-0.3, -0.25) is 0 Å². The summed E-state index contributed by atoms with van der Waals surface area (Å²) in [5.74, 6) is -0.223. The third-order valence-electron chi connectivity index (χ3n) is 3.08. The molecule has 0 spiro atoms. The molecule has 6 heteroatoms. The van der Waals surface area contributed by atoms with E-state index in [9.17, 15) is 13.2 Å². The number of rotatable bonds is 4. The molecule has 0 unspecified atom stereocenters. The second kappa shape index (κ2) is 7.51. The van der Waals surface area contributed by atoms with Gasteiger partial charge in [0.05, 0.1) is 0 Å². The first kappa shape index (κ1) is 18.3. The molecule has 0 saturated carbocycles. The molecule has 0 heterocycles. The Kier molecular flexibility index (Phi) is 6.26. The largest absolute Gasteiger partial charge is 0.573 e. The van der Waals surface area contributed by atoms with E-state index in [1.165, 1.54) is 12.1 Å². The summed E-state index contributed by atoms with van der Waals surface area (Å²) in [4.78, 5) is 0. The Hall–Kier alpha value is -1.72. The average molecular weight is 332 g/mol. The highest BCUT2D eigenvalue weighted by Gasteiger charge is 2.30. The second-order valence-electron chi connectivity index (χ2n) is 4.77. The van der Waals surface area contributed by atoms with Crippen LogP contribution in [0.25, 0.3) is 11.1 Å². The molecule has 2 nitrogen and oxygen atoms in total. The monoisotopic (exact) mass is 331 g/mol. The summed E-state index contributed by atoms with van der Waals surface area (Å²) in [5.41, 5.74) is 9.58. The zero-order chi connectivity index (χ0) is 15.5. The first-order valence-corrected chi connectivity index (χ1v) is 6.55. The van der Waals surface area contributed by atoms with Gasteiger partial charge in [0.2, 0.25) is 0 Å². The molecule has 2 N–H and O–H groups in total. The number of halogens is 4. The van der Waals surface area contributed by atoms with Gasteiger partial charge in [-0.25, -0.2) is 0 Å². The van der Waals surface area contributed by atoms with E-state index in [0.29, 0.717) is 6.54 Å². The highest BCUT2D eigenvalue weighted by atomic mass is 35.5. The van der Waals surface area contributed by atoms with E-state index in [-0.39, 0.29) is 18.2 Å². The Morgan fingerprint density at radius 1 is 1.05 bits per heavy atom. The zero-order valence-corrected chi connectivity index (χ0v) is 12.8. The van der Waals surface area contributed by atoms with E-state index >= 15 is 0 Å². The summed E-state index contributed by atoms with van der Waals surface area (Å²) < 4.78 is 40.3. The van der Waals surface area contributed by atoms with Crippen LogP contribution in [0.15, 0.2) is 42.5 Å². The molecular formula is C16H17ClF3NO. The van der Waals surface area contributed by atoms with Gasteiger partial charge in [-0.2, -0.15) is 0 Å². The van der Waals surface area contributed by atoms with E-state index in [1.807, 2.05) is 25.1 Å². The van der Waals surface area contributed by atoms with Crippen molar-refractivity contribution in [2.75, 3.05) is 6.54 Å². The third-order valence-corrected chi connectivity index (χ3v) is 3.08. The van der Waals surface area contributed by atoms with E-state index in [4.69, 9.17) is 5.73 Å². The molecule has 0 aromatic heterocycles. The van der Waals surface area contributed by atoms with Gasteiger partial charge < -0.3 is 10.5 Å². The lowest BCUT2D eigenvalue weighted by Crippen LogP contribution is -2.16. The average Bonchev–Trinajstić information content (AvgIpc) is 2.40. The molecule has 0 aliphatic carbocycles. The van der Waals surface area contributed by atoms with Gasteiger partial charge in [-0.15, -0.1) is 25.6 Å². The van der Waals surface area contributed by atoms with Crippen molar-refractivity contribution in [1.82, 2.24) is 0 Å². The van der Waals surface area contributed by atoms with E-state index < -0.39 is 6.36 Å². The van der Waals surface area contributed by atoms with Crippen LogP contribution in [-0.2, 0) is 6.42 Å². The fourth-order valence-electron chi connectivity index (χ4n) is 2.17. The SMILES string of the molecule is Cc1ccc(CCN)c(-c2ccc(OC(F)(F)F)cc2)c1.Cl. The Labute approximate surface area is 133 Å². The molecule has 0 saturated heterocycles. The highest BCUT2D eigenvalue weighted by molar-refractivity contribution is 5.85. The molecule has 0 aliphatic heterocycles. The predicted molar refractivity (Wildman–Crippen MR) is 83.3 cm³/mol. The number of alkyl halides is 3. The smallest absolute Gasteiger partial charge is 0.406 e. The predicted octanol–water partition coefficient (Wildman–Crippen LogP) is 4.48. The number of hydrogen-bond acceptors (Lipinski definition) is 2. The number of ether oxygens (including phenoxy) is 1. The van der Waals surface area contributed by atoms with Gasteiger partial charge >= 0.3 is 6.36 Å². The Bertz CT molecular complexity index is 612. The summed E-state index contributed by atoms with van der Waals surface area (Å²) >= 11 is 0. The lowest BCUT2D eigenvalue weighted by molar-refractivity contribution is -0.274. The van der Waals surface area contributed by atoms with Gasteiger partial charge in [0.25, 0.3) is 0 Å². The van der Waals surface area contributed by atoms with Crippen molar-refractivity contribution >= 4 is 12.4 Å². The maximum atomic E-state index is 12.1. The van der Waals surface area contributed by atoms with Crippen LogP contribution in [0.4, 0.5) is 13.2 Å². The van der Waals surface area contributed by atoms with Crippen molar-refractivity contribution in [2.45, 2.75) is 19.7 Å². The van der Waals surface area contributed by atoms with Crippen LogP contribution in [0.1, 0.15) is 11.1 Å². The molecule has 0 aliphatic rings. The molecule has 0 amide bonds. The van der Waals surface area contributed by atoms with Crippen molar-refractivity contribution in [3.8, 4) is 16.9 Å². The molecule has 22 heavy (non-hydrogen) atoms. The third kappa shape index (κ3) is 4.93. The fourth-order valence-corrected chi connectivity index (χ4v) is 2.17. The molecule has 0 bridgehead atoms.